The van der Waals surface area contributed by atoms with Crippen molar-refractivity contribution in [3.05, 3.63) is 59.2 Å². The molecule has 0 atom stereocenters. The normalized spacial score (nSPS) is 14.7. The van der Waals surface area contributed by atoms with Gasteiger partial charge < -0.3 is 9.88 Å². The zero-order valence-corrected chi connectivity index (χ0v) is 13.5. The van der Waals surface area contributed by atoms with Crippen LogP contribution in [-0.2, 0) is 32.1 Å². The fraction of sp³-hybridized carbons (Fsp3) is 0.333. The first-order valence-corrected chi connectivity index (χ1v) is 8.22. The van der Waals surface area contributed by atoms with Crippen LogP contribution in [0.2, 0.25) is 0 Å². The van der Waals surface area contributed by atoms with Gasteiger partial charge in [-0.2, -0.15) is 13.2 Å². The average Bonchev–Trinajstić information content (AvgIpc) is 2.94. The fourth-order valence-electron chi connectivity index (χ4n) is 3.42. The minimum atomic E-state index is -4.40. The number of hydrogen-bond acceptors (Lipinski definition) is 3. The third kappa shape index (κ3) is 3.00. The van der Waals surface area contributed by atoms with Crippen LogP contribution in [0.5, 0.6) is 0 Å². The van der Waals surface area contributed by atoms with Gasteiger partial charge in [-0.3, -0.25) is 9.97 Å². The summed E-state index contributed by atoms with van der Waals surface area (Å²) in [7, 11) is 0. The first-order valence-electron chi connectivity index (χ1n) is 8.22. The van der Waals surface area contributed by atoms with Crippen LogP contribution < -0.4 is 5.32 Å². The van der Waals surface area contributed by atoms with E-state index in [-0.39, 0.29) is 0 Å². The molecule has 0 aliphatic carbocycles. The van der Waals surface area contributed by atoms with Crippen LogP contribution >= 0.6 is 0 Å². The summed E-state index contributed by atoms with van der Waals surface area (Å²) in [6, 6.07) is 6.51. The first kappa shape index (κ1) is 16.1. The topological polar surface area (TPSA) is 42.7 Å². The number of aromatic nitrogens is 3. The van der Waals surface area contributed by atoms with Gasteiger partial charge in [0.1, 0.15) is 5.69 Å². The third-order valence-electron chi connectivity index (χ3n) is 4.62. The maximum Gasteiger partial charge on any atom is 0.433 e. The summed E-state index contributed by atoms with van der Waals surface area (Å²) < 4.78 is 40.1. The Labute approximate surface area is 142 Å². The molecule has 7 heteroatoms. The Morgan fingerprint density at radius 2 is 2.04 bits per heavy atom. The molecule has 0 aromatic carbocycles. The van der Waals surface area contributed by atoms with Crippen LogP contribution in [0.15, 0.2) is 36.7 Å². The predicted molar refractivity (Wildman–Crippen MR) is 88.1 cm³/mol. The van der Waals surface area contributed by atoms with Crippen LogP contribution in [0.25, 0.3) is 11.0 Å². The highest BCUT2D eigenvalue weighted by Gasteiger charge is 2.32. The van der Waals surface area contributed by atoms with Crippen molar-refractivity contribution in [2.24, 2.45) is 0 Å². The molecule has 25 heavy (non-hydrogen) atoms. The Morgan fingerprint density at radius 3 is 2.80 bits per heavy atom. The van der Waals surface area contributed by atoms with Gasteiger partial charge in [0.15, 0.2) is 0 Å². The largest absolute Gasteiger partial charge is 0.433 e. The van der Waals surface area contributed by atoms with E-state index in [0.29, 0.717) is 13.0 Å². The molecular weight excluding hydrogens is 329 g/mol. The smallest absolute Gasteiger partial charge is 0.343 e. The van der Waals surface area contributed by atoms with Gasteiger partial charge in [-0.25, -0.2) is 0 Å². The lowest BCUT2D eigenvalue weighted by Gasteiger charge is -2.17. The number of fused-ring (bicyclic) bond motifs is 3. The van der Waals surface area contributed by atoms with Crippen molar-refractivity contribution >= 4 is 11.0 Å². The van der Waals surface area contributed by atoms with Crippen molar-refractivity contribution in [1.82, 2.24) is 19.9 Å². The van der Waals surface area contributed by atoms with Gasteiger partial charge in [-0.15, -0.1) is 0 Å². The van der Waals surface area contributed by atoms with Gasteiger partial charge >= 0.3 is 6.18 Å². The second-order valence-electron chi connectivity index (χ2n) is 6.17. The van der Waals surface area contributed by atoms with Crippen LogP contribution in [0.1, 0.15) is 22.5 Å². The predicted octanol–water partition coefficient (Wildman–Crippen LogP) is 3.34. The van der Waals surface area contributed by atoms with Crippen molar-refractivity contribution in [3.8, 4) is 0 Å². The molecule has 0 radical (unpaired) electrons. The molecule has 1 aliphatic rings. The lowest BCUT2D eigenvalue weighted by molar-refractivity contribution is -0.141. The molecule has 0 saturated carbocycles. The zero-order valence-electron chi connectivity index (χ0n) is 13.5. The molecule has 4 heterocycles. The van der Waals surface area contributed by atoms with Gasteiger partial charge in [0.2, 0.25) is 0 Å². The van der Waals surface area contributed by atoms with Crippen LogP contribution in [0, 0.1) is 0 Å². The molecule has 4 nitrogen and oxygen atoms in total. The molecular formula is C18H17F3N4. The molecule has 4 rings (SSSR count). The van der Waals surface area contributed by atoms with Crippen LogP contribution in [0.3, 0.4) is 0 Å². The van der Waals surface area contributed by atoms with Crippen LogP contribution in [0.4, 0.5) is 13.2 Å². The van der Waals surface area contributed by atoms with E-state index < -0.39 is 11.9 Å². The highest BCUT2D eigenvalue weighted by atomic mass is 19.4. The van der Waals surface area contributed by atoms with Crippen molar-refractivity contribution in [3.63, 3.8) is 0 Å². The fourth-order valence-corrected chi connectivity index (χ4v) is 3.42. The summed E-state index contributed by atoms with van der Waals surface area (Å²) >= 11 is 0. The van der Waals surface area contributed by atoms with Gasteiger partial charge in [-0.05, 0) is 30.2 Å². The third-order valence-corrected chi connectivity index (χ3v) is 4.62. The van der Waals surface area contributed by atoms with Gasteiger partial charge in [-0.1, -0.05) is 6.07 Å². The Balaban J connectivity index is 1.61. The maximum atomic E-state index is 12.6. The van der Waals surface area contributed by atoms with E-state index in [2.05, 4.69) is 19.9 Å². The lowest BCUT2D eigenvalue weighted by atomic mass is 10.1. The standard InChI is InChI=1S/C18H17F3N4/c19-18(20,21)16-4-3-12(10-24-16)6-9-25-14-5-8-22-11-13(14)17-15(25)2-1-7-23-17/h1-4,7,10,22H,5-6,8-9,11H2. The zero-order chi connectivity index (χ0) is 17.4. The number of nitrogens with zero attached hydrogens (tertiary/aromatic N) is 3. The highest BCUT2D eigenvalue weighted by molar-refractivity contribution is 5.81. The molecule has 0 bridgehead atoms. The van der Waals surface area contributed by atoms with Gasteiger partial charge in [0, 0.05) is 49.7 Å². The van der Waals surface area contributed by atoms with E-state index >= 15 is 0 Å². The number of pyridine rings is 2. The number of halogens is 3. The number of aryl methyl sites for hydroxylation is 2. The first-order chi connectivity index (χ1) is 12.0. The number of nitrogens with one attached hydrogen (secondary N) is 1. The Morgan fingerprint density at radius 1 is 1.16 bits per heavy atom. The molecule has 0 fully saturated rings. The molecule has 3 aromatic heterocycles. The van der Waals surface area contributed by atoms with Gasteiger partial charge in [0.05, 0.1) is 11.0 Å². The molecule has 3 aromatic rings. The summed E-state index contributed by atoms with van der Waals surface area (Å²) in [6.07, 6.45) is 0.273. The van der Waals surface area contributed by atoms with E-state index in [0.717, 1.165) is 42.2 Å². The van der Waals surface area contributed by atoms with Crippen molar-refractivity contribution in [1.29, 1.82) is 0 Å². The van der Waals surface area contributed by atoms with E-state index in [9.17, 15) is 13.2 Å². The number of rotatable bonds is 3. The molecule has 0 amide bonds. The van der Waals surface area contributed by atoms with E-state index in [1.165, 1.54) is 23.5 Å². The minimum Gasteiger partial charge on any atom is -0.343 e. The van der Waals surface area contributed by atoms with E-state index in [1.807, 2.05) is 12.1 Å². The quantitative estimate of drug-likeness (QED) is 0.791. The molecule has 0 spiro atoms. The van der Waals surface area contributed by atoms with E-state index in [1.54, 1.807) is 6.20 Å². The summed E-state index contributed by atoms with van der Waals surface area (Å²) in [5, 5.41) is 3.37. The Hall–Kier alpha value is -2.41. The minimum absolute atomic E-state index is 0.629. The molecule has 0 unspecified atom stereocenters. The average molecular weight is 346 g/mol. The highest BCUT2D eigenvalue weighted by Crippen LogP contribution is 2.28. The van der Waals surface area contributed by atoms with Crippen molar-refractivity contribution < 1.29 is 13.2 Å². The summed E-state index contributed by atoms with van der Waals surface area (Å²) in [4.78, 5) is 8.05. The summed E-state index contributed by atoms with van der Waals surface area (Å²) in [6.45, 7) is 2.42. The molecule has 1 aliphatic heterocycles. The van der Waals surface area contributed by atoms with E-state index in [4.69, 9.17) is 0 Å². The SMILES string of the molecule is FC(F)(F)c1ccc(CCn2c3c(c4ncccc42)CNCC3)cn1. The van der Waals surface area contributed by atoms with Gasteiger partial charge in [0.25, 0.3) is 0 Å². The second kappa shape index (κ2) is 6.15. The van der Waals surface area contributed by atoms with Crippen LogP contribution in [-0.4, -0.2) is 21.1 Å². The van der Waals surface area contributed by atoms with Crippen molar-refractivity contribution in [2.75, 3.05) is 6.54 Å². The molecule has 1 N–H and O–H groups in total. The maximum absolute atomic E-state index is 12.6. The number of alkyl halides is 3. The molecule has 0 saturated heterocycles. The lowest BCUT2D eigenvalue weighted by Crippen LogP contribution is -2.25. The summed E-state index contributed by atoms with van der Waals surface area (Å²) in [5.41, 5.74) is 4.53. The second-order valence-corrected chi connectivity index (χ2v) is 6.17. The number of hydrogen-bond donors (Lipinski definition) is 1. The molecule has 130 valence electrons. The summed E-state index contributed by atoms with van der Waals surface area (Å²) in [5.74, 6) is 0. The monoisotopic (exact) mass is 346 g/mol. The Kier molecular flexibility index (Phi) is 3.95. The van der Waals surface area contributed by atoms with Crippen molar-refractivity contribution in [2.45, 2.75) is 32.1 Å². The Bertz CT molecular complexity index is 897.